The number of aryl methyl sites for hydroxylation is 1. The van der Waals surface area contributed by atoms with Crippen molar-refractivity contribution in [2.24, 2.45) is 0 Å². The average Bonchev–Trinajstić information content (AvgIpc) is 3.43. The van der Waals surface area contributed by atoms with Crippen molar-refractivity contribution in [2.45, 2.75) is 70.6 Å². The number of benzene rings is 1. The van der Waals surface area contributed by atoms with Gasteiger partial charge >= 0.3 is 0 Å². The maximum Gasteiger partial charge on any atom is 0.229 e. The lowest BCUT2D eigenvalue weighted by atomic mass is 9.92. The van der Waals surface area contributed by atoms with Crippen molar-refractivity contribution < 1.29 is 4.39 Å². The zero-order valence-corrected chi connectivity index (χ0v) is 18.5. The molecule has 2 unspecified atom stereocenters. The molecule has 0 radical (unpaired) electrons. The van der Waals surface area contributed by atoms with Crippen molar-refractivity contribution in [2.75, 3.05) is 10.6 Å². The summed E-state index contributed by atoms with van der Waals surface area (Å²) in [7, 11) is 0. The van der Waals surface area contributed by atoms with Crippen molar-refractivity contribution in [1.29, 1.82) is 0 Å². The number of hydrogen-bond acceptors (Lipinski definition) is 8. The number of tetrazole rings is 1. The van der Waals surface area contributed by atoms with E-state index in [1.807, 2.05) is 25.1 Å². The van der Waals surface area contributed by atoms with Crippen molar-refractivity contribution in [1.82, 2.24) is 35.1 Å². The highest BCUT2D eigenvalue weighted by Gasteiger charge is 2.40. The molecule has 168 valence electrons. The number of hydrogen-bond donors (Lipinski definition) is 2. The molecule has 5 rings (SSSR count). The van der Waals surface area contributed by atoms with Crippen molar-refractivity contribution in [3.8, 4) is 5.69 Å². The summed E-state index contributed by atoms with van der Waals surface area (Å²) in [5.41, 5.74) is 2.62. The summed E-state index contributed by atoms with van der Waals surface area (Å²) in [5, 5.41) is 17.8. The number of piperidine rings is 1. The molecule has 2 fully saturated rings. The number of anilines is 3. The Bertz CT molecular complexity index is 1070. The van der Waals surface area contributed by atoms with Gasteiger partial charge in [-0.1, -0.05) is 6.07 Å². The van der Waals surface area contributed by atoms with Crippen LogP contribution in [0.1, 0.15) is 45.1 Å². The van der Waals surface area contributed by atoms with E-state index in [-0.39, 0.29) is 11.9 Å². The molecule has 1 saturated heterocycles. The Morgan fingerprint density at radius 1 is 1.12 bits per heavy atom. The molecular formula is C22H28FN9. The lowest BCUT2D eigenvalue weighted by Gasteiger charge is -2.43. The van der Waals surface area contributed by atoms with E-state index < -0.39 is 5.82 Å². The molecule has 2 atom stereocenters. The lowest BCUT2D eigenvalue weighted by molar-refractivity contribution is 0.0877. The van der Waals surface area contributed by atoms with Gasteiger partial charge in [-0.3, -0.25) is 4.90 Å². The SMILES string of the molecule is Cc1ccc(Nc2ncc(F)c(NC3CC(C)N(C4CC4)C(C)C3)n2)cc1-n1cnnn1. The van der Waals surface area contributed by atoms with Crippen LogP contribution in [0.3, 0.4) is 0 Å². The Hall–Kier alpha value is -3.14. The van der Waals surface area contributed by atoms with E-state index in [4.69, 9.17) is 0 Å². The van der Waals surface area contributed by atoms with Gasteiger partial charge in [0.05, 0.1) is 11.9 Å². The number of halogens is 1. The topological polar surface area (TPSA) is 96.7 Å². The third kappa shape index (κ3) is 4.27. The van der Waals surface area contributed by atoms with Gasteiger partial charge in [-0.15, -0.1) is 5.10 Å². The molecule has 1 aliphatic carbocycles. The van der Waals surface area contributed by atoms with E-state index in [1.165, 1.54) is 19.0 Å². The maximum atomic E-state index is 14.5. The lowest BCUT2D eigenvalue weighted by Crippen LogP contribution is -2.51. The van der Waals surface area contributed by atoms with Crippen LogP contribution in [0.15, 0.2) is 30.7 Å². The highest BCUT2D eigenvalue weighted by Crippen LogP contribution is 2.36. The van der Waals surface area contributed by atoms with Crippen molar-refractivity contribution in [3.05, 3.63) is 42.1 Å². The second-order valence-corrected chi connectivity index (χ2v) is 8.96. The molecule has 1 aromatic carbocycles. The predicted octanol–water partition coefficient (Wildman–Crippen LogP) is 3.46. The van der Waals surface area contributed by atoms with Crippen molar-refractivity contribution >= 4 is 17.5 Å². The molecule has 0 bridgehead atoms. The fraction of sp³-hybridized carbons (Fsp3) is 0.500. The first kappa shape index (κ1) is 20.7. The molecule has 2 N–H and O–H groups in total. The van der Waals surface area contributed by atoms with Crippen LogP contribution in [0.5, 0.6) is 0 Å². The summed E-state index contributed by atoms with van der Waals surface area (Å²) in [6, 6.07) is 7.64. The molecule has 9 nitrogen and oxygen atoms in total. The van der Waals surface area contributed by atoms with Gasteiger partial charge < -0.3 is 10.6 Å². The Labute approximate surface area is 186 Å². The molecule has 1 aliphatic heterocycles. The van der Waals surface area contributed by atoms with E-state index >= 15 is 0 Å². The molecule has 3 aromatic rings. The van der Waals surface area contributed by atoms with E-state index in [9.17, 15) is 4.39 Å². The van der Waals surface area contributed by atoms with Crippen LogP contribution in [0.2, 0.25) is 0 Å². The molecule has 0 spiro atoms. The number of likely N-dealkylation sites (tertiary alicyclic amines) is 1. The van der Waals surface area contributed by atoms with Crippen LogP contribution in [0.4, 0.5) is 21.8 Å². The first-order valence-corrected chi connectivity index (χ1v) is 11.2. The van der Waals surface area contributed by atoms with Gasteiger partial charge in [0.25, 0.3) is 0 Å². The standard InChI is InChI=1S/C22H28FN9/c1-13-4-5-16(10-20(13)31-12-25-29-30-31)27-22-24-11-19(23)21(28-22)26-17-8-14(2)32(15(3)9-17)18-6-7-18/h4-5,10-12,14-15,17-18H,6-9H2,1-3H3,(H2,24,26,27,28). The van der Waals surface area contributed by atoms with Crippen LogP contribution >= 0.6 is 0 Å². The van der Waals surface area contributed by atoms with Gasteiger partial charge in [-0.2, -0.15) is 4.98 Å². The first-order valence-electron chi connectivity index (χ1n) is 11.2. The number of nitrogens with one attached hydrogen (secondary N) is 2. The van der Waals surface area contributed by atoms with Gasteiger partial charge in [-0.25, -0.2) is 14.1 Å². The van der Waals surface area contributed by atoms with E-state index in [0.29, 0.717) is 18.0 Å². The van der Waals surface area contributed by atoms with Gasteiger partial charge in [0.15, 0.2) is 11.6 Å². The zero-order valence-electron chi connectivity index (χ0n) is 18.5. The molecule has 1 saturated carbocycles. The molecule has 3 heterocycles. The molecule has 0 amide bonds. The third-order valence-electron chi connectivity index (χ3n) is 6.38. The summed E-state index contributed by atoms with van der Waals surface area (Å²) >= 11 is 0. The molecule has 10 heteroatoms. The summed E-state index contributed by atoms with van der Waals surface area (Å²) in [4.78, 5) is 11.2. The smallest absolute Gasteiger partial charge is 0.229 e. The normalized spacial score (nSPS) is 23.8. The minimum Gasteiger partial charge on any atom is -0.365 e. The molecular weight excluding hydrogens is 409 g/mol. The van der Waals surface area contributed by atoms with Crippen LogP contribution in [0, 0.1) is 12.7 Å². The maximum absolute atomic E-state index is 14.5. The van der Waals surface area contributed by atoms with Crippen LogP contribution in [0.25, 0.3) is 5.69 Å². The average molecular weight is 438 g/mol. The van der Waals surface area contributed by atoms with E-state index in [2.05, 4.69) is 54.9 Å². The number of rotatable bonds is 6. The third-order valence-corrected chi connectivity index (χ3v) is 6.38. The van der Waals surface area contributed by atoms with E-state index in [1.54, 1.807) is 11.0 Å². The van der Waals surface area contributed by atoms with Crippen molar-refractivity contribution in [3.63, 3.8) is 0 Å². The second-order valence-electron chi connectivity index (χ2n) is 8.96. The molecule has 2 aromatic heterocycles. The quantitative estimate of drug-likeness (QED) is 0.605. The summed E-state index contributed by atoms with van der Waals surface area (Å²) in [6.07, 6.45) is 7.30. The summed E-state index contributed by atoms with van der Waals surface area (Å²) in [5.74, 6) is 0.121. The molecule has 32 heavy (non-hydrogen) atoms. The summed E-state index contributed by atoms with van der Waals surface area (Å²) in [6.45, 7) is 6.52. The second kappa shape index (κ2) is 8.42. The monoisotopic (exact) mass is 437 g/mol. The predicted molar refractivity (Wildman–Crippen MR) is 120 cm³/mol. The summed E-state index contributed by atoms with van der Waals surface area (Å²) < 4.78 is 16.1. The minimum atomic E-state index is -0.446. The number of nitrogens with zero attached hydrogens (tertiary/aromatic N) is 7. The Morgan fingerprint density at radius 2 is 1.91 bits per heavy atom. The Morgan fingerprint density at radius 3 is 2.59 bits per heavy atom. The number of aromatic nitrogens is 6. The van der Waals surface area contributed by atoms with Crippen LogP contribution in [-0.2, 0) is 0 Å². The highest BCUT2D eigenvalue weighted by molar-refractivity contribution is 5.60. The Kier molecular flexibility index (Phi) is 5.46. The van der Waals surface area contributed by atoms with Crippen LogP contribution < -0.4 is 10.6 Å². The van der Waals surface area contributed by atoms with Gasteiger partial charge in [0.2, 0.25) is 5.95 Å². The fourth-order valence-electron chi connectivity index (χ4n) is 4.86. The first-order chi connectivity index (χ1) is 15.5. The largest absolute Gasteiger partial charge is 0.365 e. The Balaban J connectivity index is 1.31. The fourth-order valence-corrected chi connectivity index (χ4v) is 4.86. The highest BCUT2D eigenvalue weighted by atomic mass is 19.1. The minimum absolute atomic E-state index is 0.179. The van der Waals surface area contributed by atoms with Gasteiger partial charge in [0, 0.05) is 29.9 Å². The molecule has 2 aliphatic rings. The van der Waals surface area contributed by atoms with E-state index in [0.717, 1.165) is 35.8 Å². The van der Waals surface area contributed by atoms with Gasteiger partial charge in [0.1, 0.15) is 6.33 Å². The van der Waals surface area contributed by atoms with Gasteiger partial charge in [-0.05, 0) is 74.6 Å². The van der Waals surface area contributed by atoms with Crippen LogP contribution in [-0.4, -0.2) is 59.2 Å². The zero-order chi connectivity index (χ0) is 22.2.